The van der Waals surface area contributed by atoms with Crippen LogP contribution in [0.25, 0.3) is 0 Å². The van der Waals surface area contributed by atoms with Gasteiger partial charge in [0.1, 0.15) is 0 Å². The Morgan fingerprint density at radius 3 is 0.692 bits per heavy atom. The molecule has 84 valence electrons. The van der Waals surface area contributed by atoms with Crippen LogP contribution in [0.4, 0.5) is 0 Å². The van der Waals surface area contributed by atoms with Gasteiger partial charge in [-0.3, -0.25) is 0 Å². The smallest absolute Gasteiger partial charge is 0.0594 e. The van der Waals surface area contributed by atoms with Crippen LogP contribution in [0.1, 0.15) is 45.7 Å². The minimum atomic E-state index is -1.25. The summed E-state index contributed by atoms with van der Waals surface area (Å²) >= 11 is 0. The standard InChI is InChI=1S/3C3H8O.Sm/c3*1-3(2)4;/h3*3-4H,1-2H3;/i3*3D;. The molecule has 0 rings (SSSR count). The Labute approximate surface area is 119 Å². The van der Waals surface area contributed by atoms with Crippen molar-refractivity contribution < 1.29 is 59.8 Å². The molecule has 0 aromatic carbocycles. The van der Waals surface area contributed by atoms with Gasteiger partial charge >= 0.3 is 0 Å². The van der Waals surface area contributed by atoms with Gasteiger partial charge in [-0.05, 0) is 41.5 Å². The van der Waals surface area contributed by atoms with E-state index in [2.05, 4.69) is 0 Å². The van der Waals surface area contributed by atoms with Crippen molar-refractivity contribution in [2.45, 2.75) is 59.8 Å². The summed E-state index contributed by atoms with van der Waals surface area (Å²) in [5.74, 6) is 0. The Bertz CT molecular complexity index is 101. The molecule has 0 spiro atoms. The molecule has 0 aliphatic heterocycles. The van der Waals surface area contributed by atoms with Crippen LogP contribution < -0.4 is 0 Å². The molecule has 0 fully saturated rings. The van der Waals surface area contributed by atoms with Gasteiger partial charge in [0.25, 0.3) is 0 Å². The number of hydrogen-bond acceptors (Lipinski definition) is 3. The number of hydrogen-bond donors (Lipinski definition) is 3. The van der Waals surface area contributed by atoms with Gasteiger partial charge in [-0.15, -0.1) is 0 Å². The molecule has 0 aromatic rings. The molecule has 0 aliphatic carbocycles. The summed E-state index contributed by atoms with van der Waals surface area (Å²) in [5.41, 5.74) is 0. The summed E-state index contributed by atoms with van der Waals surface area (Å²) in [6.07, 6.45) is -3.75. The normalized spacial score (nSPS) is 14.1. The molecule has 0 atom stereocenters. The fourth-order valence-electron chi connectivity index (χ4n) is 0. The van der Waals surface area contributed by atoms with Gasteiger partial charge in [-0.25, -0.2) is 0 Å². The van der Waals surface area contributed by atoms with E-state index in [0.717, 1.165) is 0 Å². The second kappa shape index (κ2) is 18.9. The number of rotatable bonds is 0. The maximum absolute atomic E-state index is 8.19. The predicted molar refractivity (Wildman–Crippen MR) is 52.1 cm³/mol. The van der Waals surface area contributed by atoms with Gasteiger partial charge in [0, 0.05) is 58.6 Å². The fourth-order valence-corrected chi connectivity index (χ4v) is 0. The average Bonchev–Trinajstić information content (AvgIpc) is 1.41. The van der Waals surface area contributed by atoms with Crippen molar-refractivity contribution >= 4 is 0 Å². The van der Waals surface area contributed by atoms with E-state index >= 15 is 0 Å². The number of aliphatic hydroxyl groups is 3. The molecular weight excluding hydrogens is 306 g/mol. The van der Waals surface area contributed by atoms with E-state index in [-0.39, 0.29) is 40.4 Å². The molecular formula is C9H24O3Sm. The van der Waals surface area contributed by atoms with E-state index in [4.69, 9.17) is 19.4 Å². The molecule has 0 radical (unpaired) electrons. The van der Waals surface area contributed by atoms with Crippen molar-refractivity contribution in [1.82, 2.24) is 0 Å². The molecule has 13 heavy (non-hydrogen) atoms. The van der Waals surface area contributed by atoms with Crippen LogP contribution in [-0.4, -0.2) is 33.6 Å². The zero-order valence-electron chi connectivity index (χ0n) is 12.2. The van der Waals surface area contributed by atoms with E-state index in [1.165, 1.54) is 41.5 Å². The van der Waals surface area contributed by atoms with Crippen molar-refractivity contribution in [3.8, 4) is 0 Å². The molecule has 0 heterocycles. The second-order valence-corrected chi connectivity index (χ2v) is 2.84. The van der Waals surface area contributed by atoms with Crippen molar-refractivity contribution in [1.29, 1.82) is 0 Å². The maximum atomic E-state index is 8.19. The Hall–Kier alpha value is 1.22. The predicted octanol–water partition coefficient (Wildman–Crippen LogP) is 1.16. The van der Waals surface area contributed by atoms with Crippen LogP contribution in [0.5, 0.6) is 0 Å². The first-order chi connectivity index (χ1) is 6.00. The molecule has 0 amide bonds. The van der Waals surface area contributed by atoms with Gasteiger partial charge in [0.15, 0.2) is 0 Å². The molecule has 0 aliphatic rings. The minimum Gasteiger partial charge on any atom is -0.394 e. The first-order valence-corrected chi connectivity index (χ1v) is 3.67. The third-order valence-corrected chi connectivity index (χ3v) is 0. The Morgan fingerprint density at radius 1 is 0.692 bits per heavy atom. The van der Waals surface area contributed by atoms with Crippen molar-refractivity contribution in [3.63, 3.8) is 0 Å². The van der Waals surface area contributed by atoms with Crippen LogP contribution in [0.2, 0.25) is 0 Å². The third-order valence-electron chi connectivity index (χ3n) is 0. The van der Waals surface area contributed by atoms with Gasteiger partial charge in [-0.2, -0.15) is 0 Å². The average molecular weight is 334 g/mol. The van der Waals surface area contributed by atoms with Crippen molar-refractivity contribution in [2.75, 3.05) is 0 Å². The summed E-state index contributed by atoms with van der Waals surface area (Å²) in [5, 5.41) is 24.6. The van der Waals surface area contributed by atoms with Gasteiger partial charge < -0.3 is 15.3 Å². The van der Waals surface area contributed by atoms with Crippen LogP contribution in [0, 0.1) is 40.4 Å². The quantitative estimate of drug-likeness (QED) is 0.623. The molecule has 0 saturated carbocycles. The Balaban J connectivity index is -0.0000000655. The Morgan fingerprint density at radius 2 is 0.692 bits per heavy atom. The third kappa shape index (κ3) is 1120. The van der Waals surface area contributed by atoms with E-state index in [0.29, 0.717) is 0 Å². The molecule has 0 bridgehead atoms. The minimum absolute atomic E-state index is 0. The topological polar surface area (TPSA) is 60.7 Å². The molecule has 0 unspecified atom stereocenters. The second-order valence-electron chi connectivity index (χ2n) is 2.84. The monoisotopic (exact) mass is 335 g/mol. The van der Waals surface area contributed by atoms with Crippen LogP contribution in [0.3, 0.4) is 0 Å². The van der Waals surface area contributed by atoms with Crippen LogP contribution in [0.15, 0.2) is 0 Å². The summed E-state index contributed by atoms with van der Waals surface area (Å²) in [6.45, 7) is 8.46. The zero-order valence-corrected chi connectivity index (χ0v) is 11.9. The van der Waals surface area contributed by atoms with E-state index in [1.807, 2.05) is 0 Å². The van der Waals surface area contributed by atoms with Crippen LogP contribution >= 0.6 is 0 Å². The summed E-state index contributed by atoms with van der Waals surface area (Å²) < 4.78 is 19.5. The van der Waals surface area contributed by atoms with E-state index in [1.54, 1.807) is 0 Å². The Kier molecular flexibility index (Phi) is 20.7. The molecule has 3 nitrogen and oxygen atoms in total. The van der Waals surface area contributed by atoms with E-state index in [9.17, 15) is 0 Å². The largest absolute Gasteiger partial charge is 0.394 e. The van der Waals surface area contributed by atoms with Crippen molar-refractivity contribution in [3.05, 3.63) is 0 Å². The first-order valence-electron chi connectivity index (χ1n) is 5.17. The molecule has 3 N–H and O–H groups in total. The van der Waals surface area contributed by atoms with E-state index < -0.39 is 18.2 Å². The SMILES string of the molecule is [2H]C(C)(C)O.[2H]C(C)(C)O.[2H]C(C)(C)O.[Sm]. The maximum Gasteiger partial charge on any atom is 0.0594 e. The molecule has 0 aromatic heterocycles. The fraction of sp³-hybridized carbons (Fsp3) is 1.00. The first kappa shape index (κ1) is 14.2. The zero-order chi connectivity index (χ0) is 13.5. The molecule has 4 heteroatoms. The molecule has 0 saturated heterocycles. The summed E-state index contributed by atoms with van der Waals surface area (Å²) in [6, 6.07) is 0. The van der Waals surface area contributed by atoms with Crippen LogP contribution in [-0.2, 0) is 0 Å². The van der Waals surface area contributed by atoms with Gasteiger partial charge in [0.05, 0.1) is 4.11 Å². The van der Waals surface area contributed by atoms with Crippen molar-refractivity contribution in [2.24, 2.45) is 0 Å². The van der Waals surface area contributed by atoms with Gasteiger partial charge in [-0.1, -0.05) is 0 Å². The summed E-state index contributed by atoms with van der Waals surface area (Å²) in [7, 11) is 0. The summed E-state index contributed by atoms with van der Waals surface area (Å²) in [4.78, 5) is 0. The van der Waals surface area contributed by atoms with Gasteiger partial charge in [0.2, 0.25) is 0 Å².